The highest BCUT2D eigenvalue weighted by Crippen LogP contribution is 2.04. The average Bonchev–Trinajstić information content (AvgIpc) is 2.33. The minimum Gasteiger partial charge on any atom is -0.480 e. The average molecular weight is 289 g/mol. The minimum atomic E-state index is -1.22. The number of aliphatic hydroxyl groups excluding tert-OH is 1. The van der Waals surface area contributed by atoms with Crippen LogP contribution >= 0.6 is 0 Å². The van der Waals surface area contributed by atoms with Crippen LogP contribution < -0.4 is 11.1 Å². The molecule has 0 spiro atoms. The molecule has 0 aromatic heterocycles. The van der Waals surface area contributed by atoms with Gasteiger partial charge < -0.3 is 26.2 Å². The molecule has 0 unspecified atom stereocenters. The Hall–Kier alpha value is -1.83. The standard InChI is InChI=1S/C12H23N3O5/c1-8(2)15(6-3-7-16)12(20)14-9(11(18)19)4-5-10(13)17/h8-9,16H,3-7H2,1-2H3,(H2,13,17)(H,14,20)(H,18,19)/t9-/m1/s1. The summed E-state index contributed by atoms with van der Waals surface area (Å²) in [7, 11) is 0. The summed E-state index contributed by atoms with van der Waals surface area (Å²) in [5.74, 6) is -1.84. The molecule has 0 aromatic rings. The van der Waals surface area contributed by atoms with Crippen molar-refractivity contribution >= 4 is 17.9 Å². The first-order chi connectivity index (χ1) is 9.29. The van der Waals surface area contributed by atoms with Gasteiger partial charge in [0.05, 0.1) is 0 Å². The van der Waals surface area contributed by atoms with E-state index in [1.807, 2.05) is 0 Å². The molecule has 8 heteroatoms. The van der Waals surface area contributed by atoms with E-state index in [1.54, 1.807) is 13.8 Å². The van der Waals surface area contributed by atoms with Gasteiger partial charge in [0.15, 0.2) is 0 Å². The van der Waals surface area contributed by atoms with Crippen molar-refractivity contribution in [3.8, 4) is 0 Å². The van der Waals surface area contributed by atoms with Gasteiger partial charge in [-0.15, -0.1) is 0 Å². The highest BCUT2D eigenvalue weighted by molar-refractivity contribution is 5.83. The number of primary amides is 1. The van der Waals surface area contributed by atoms with Crippen molar-refractivity contribution in [1.82, 2.24) is 10.2 Å². The summed E-state index contributed by atoms with van der Waals surface area (Å²) in [5, 5.41) is 20.2. The number of carbonyl (C=O) groups excluding carboxylic acids is 2. The molecule has 116 valence electrons. The van der Waals surface area contributed by atoms with Crippen LogP contribution in [0, 0.1) is 0 Å². The first-order valence-electron chi connectivity index (χ1n) is 6.48. The van der Waals surface area contributed by atoms with E-state index in [0.29, 0.717) is 13.0 Å². The van der Waals surface area contributed by atoms with E-state index >= 15 is 0 Å². The van der Waals surface area contributed by atoms with E-state index in [-0.39, 0.29) is 25.5 Å². The van der Waals surface area contributed by atoms with Gasteiger partial charge in [0.2, 0.25) is 5.91 Å². The van der Waals surface area contributed by atoms with Crippen molar-refractivity contribution in [2.45, 2.75) is 45.2 Å². The van der Waals surface area contributed by atoms with Crippen molar-refractivity contribution in [3.05, 3.63) is 0 Å². The third-order valence-electron chi connectivity index (χ3n) is 2.72. The zero-order valence-electron chi connectivity index (χ0n) is 11.8. The number of rotatable bonds is 9. The molecule has 0 bridgehead atoms. The Morgan fingerprint density at radius 2 is 1.90 bits per heavy atom. The van der Waals surface area contributed by atoms with Gasteiger partial charge in [-0.3, -0.25) is 4.79 Å². The lowest BCUT2D eigenvalue weighted by atomic mass is 10.1. The molecule has 0 aliphatic carbocycles. The second kappa shape index (κ2) is 9.13. The van der Waals surface area contributed by atoms with Crippen LogP contribution in [0.4, 0.5) is 4.79 Å². The van der Waals surface area contributed by atoms with Crippen LogP contribution in [0.2, 0.25) is 0 Å². The molecular weight excluding hydrogens is 266 g/mol. The van der Waals surface area contributed by atoms with E-state index in [1.165, 1.54) is 4.90 Å². The fourth-order valence-electron chi connectivity index (χ4n) is 1.61. The summed E-state index contributed by atoms with van der Waals surface area (Å²) in [4.78, 5) is 35.1. The number of hydrogen-bond acceptors (Lipinski definition) is 4. The van der Waals surface area contributed by atoms with Crippen LogP contribution in [0.25, 0.3) is 0 Å². The third kappa shape index (κ3) is 6.93. The maximum absolute atomic E-state index is 12.0. The Morgan fingerprint density at radius 1 is 1.30 bits per heavy atom. The molecule has 0 fully saturated rings. The van der Waals surface area contributed by atoms with Crippen LogP contribution in [0.3, 0.4) is 0 Å². The Bertz CT molecular complexity index is 346. The van der Waals surface area contributed by atoms with Crippen molar-refractivity contribution in [1.29, 1.82) is 0 Å². The van der Waals surface area contributed by atoms with Gasteiger partial charge in [-0.1, -0.05) is 0 Å². The van der Waals surface area contributed by atoms with Crippen LogP contribution in [0.5, 0.6) is 0 Å². The molecule has 1 atom stereocenters. The number of hydrogen-bond donors (Lipinski definition) is 4. The molecule has 0 rings (SSSR count). The van der Waals surface area contributed by atoms with Crippen LogP contribution in [0.1, 0.15) is 33.1 Å². The zero-order chi connectivity index (χ0) is 15.7. The lowest BCUT2D eigenvalue weighted by molar-refractivity contribution is -0.139. The van der Waals surface area contributed by atoms with Crippen LogP contribution in [-0.4, -0.2) is 58.3 Å². The maximum Gasteiger partial charge on any atom is 0.326 e. The quantitative estimate of drug-likeness (QED) is 0.454. The van der Waals surface area contributed by atoms with E-state index in [2.05, 4.69) is 5.32 Å². The maximum atomic E-state index is 12.0. The number of nitrogens with zero attached hydrogens (tertiary/aromatic N) is 1. The van der Waals surface area contributed by atoms with Crippen LogP contribution in [0.15, 0.2) is 0 Å². The van der Waals surface area contributed by atoms with Gasteiger partial charge in [0, 0.05) is 25.6 Å². The molecule has 8 nitrogen and oxygen atoms in total. The normalized spacial score (nSPS) is 12.0. The predicted octanol–water partition coefficient (Wildman–Crippen LogP) is -0.492. The number of aliphatic carboxylic acids is 1. The number of carboxylic acid groups (broad SMARTS) is 1. The Labute approximate surface area is 117 Å². The van der Waals surface area contributed by atoms with Crippen molar-refractivity contribution in [2.75, 3.05) is 13.2 Å². The summed E-state index contributed by atoms with van der Waals surface area (Å²) >= 11 is 0. The van der Waals surface area contributed by atoms with E-state index in [4.69, 9.17) is 15.9 Å². The van der Waals surface area contributed by atoms with Gasteiger partial charge in [0.1, 0.15) is 6.04 Å². The largest absolute Gasteiger partial charge is 0.480 e. The van der Waals surface area contributed by atoms with Crippen LogP contribution in [-0.2, 0) is 9.59 Å². The van der Waals surface area contributed by atoms with Gasteiger partial charge >= 0.3 is 12.0 Å². The van der Waals surface area contributed by atoms with Gasteiger partial charge in [-0.05, 0) is 26.7 Å². The fourth-order valence-corrected chi connectivity index (χ4v) is 1.61. The minimum absolute atomic E-state index is 0.0532. The summed E-state index contributed by atoms with van der Waals surface area (Å²) in [6.45, 7) is 3.84. The number of nitrogens with one attached hydrogen (secondary N) is 1. The summed E-state index contributed by atoms with van der Waals surface area (Å²) in [6.07, 6.45) is 0.239. The van der Waals surface area contributed by atoms with Crippen molar-refractivity contribution in [3.63, 3.8) is 0 Å². The monoisotopic (exact) mass is 289 g/mol. The Balaban J connectivity index is 4.61. The van der Waals surface area contributed by atoms with Gasteiger partial charge in [-0.2, -0.15) is 0 Å². The van der Waals surface area contributed by atoms with Crippen molar-refractivity contribution < 1.29 is 24.6 Å². The molecule has 0 saturated carbocycles. The predicted molar refractivity (Wildman–Crippen MR) is 71.9 cm³/mol. The molecule has 0 radical (unpaired) electrons. The Kier molecular flexibility index (Phi) is 8.30. The van der Waals surface area contributed by atoms with Crippen molar-refractivity contribution in [2.24, 2.45) is 5.73 Å². The first kappa shape index (κ1) is 18.2. The Morgan fingerprint density at radius 3 is 2.30 bits per heavy atom. The fraction of sp³-hybridized carbons (Fsp3) is 0.750. The molecule has 0 aliphatic heterocycles. The first-order valence-corrected chi connectivity index (χ1v) is 6.48. The number of carboxylic acids is 1. The molecule has 0 saturated heterocycles. The molecule has 3 amide bonds. The molecule has 0 aliphatic rings. The highest BCUT2D eigenvalue weighted by atomic mass is 16.4. The third-order valence-corrected chi connectivity index (χ3v) is 2.72. The molecular formula is C12H23N3O5. The number of urea groups is 1. The summed E-state index contributed by atoms with van der Waals surface area (Å²) < 4.78 is 0. The molecule has 5 N–H and O–H groups in total. The zero-order valence-corrected chi connectivity index (χ0v) is 11.8. The molecule has 20 heavy (non-hydrogen) atoms. The van der Waals surface area contributed by atoms with Gasteiger partial charge in [0.25, 0.3) is 0 Å². The number of amides is 3. The second-order valence-electron chi connectivity index (χ2n) is 4.71. The van der Waals surface area contributed by atoms with Gasteiger partial charge in [-0.25, -0.2) is 9.59 Å². The lowest BCUT2D eigenvalue weighted by Crippen LogP contribution is -2.50. The van der Waals surface area contributed by atoms with E-state index in [0.717, 1.165) is 0 Å². The number of nitrogens with two attached hydrogens (primary N) is 1. The highest BCUT2D eigenvalue weighted by Gasteiger charge is 2.24. The summed E-state index contributed by atoms with van der Waals surface area (Å²) in [5.41, 5.74) is 4.96. The summed E-state index contributed by atoms with van der Waals surface area (Å²) in [6, 6.07) is -1.83. The molecule has 0 aromatic carbocycles. The van der Waals surface area contributed by atoms with E-state index in [9.17, 15) is 14.4 Å². The lowest BCUT2D eigenvalue weighted by Gasteiger charge is -2.28. The SMILES string of the molecule is CC(C)N(CCCO)C(=O)N[C@H](CCC(N)=O)C(=O)O. The second-order valence-corrected chi connectivity index (χ2v) is 4.71. The smallest absolute Gasteiger partial charge is 0.326 e. The molecule has 0 heterocycles. The number of aliphatic hydroxyl groups is 1. The number of carbonyl (C=O) groups is 3. The van der Waals surface area contributed by atoms with E-state index < -0.39 is 23.9 Å². The topological polar surface area (TPSA) is 133 Å².